The second-order valence-electron chi connectivity index (χ2n) is 7.18. The smallest absolute Gasteiger partial charge is 0.407 e. The summed E-state index contributed by atoms with van der Waals surface area (Å²) < 4.78 is 5.27. The molecule has 0 aromatic carbocycles. The minimum absolute atomic E-state index is 0.000532. The molecule has 0 spiro atoms. The monoisotopic (exact) mass is 353 g/mol. The lowest BCUT2D eigenvalue weighted by Crippen LogP contribution is -2.50. The number of aryl methyl sites for hydroxylation is 2. The Balaban J connectivity index is 2.01. The van der Waals surface area contributed by atoms with Crippen molar-refractivity contribution in [2.45, 2.75) is 65.5 Å². The lowest BCUT2D eigenvalue weighted by atomic mass is 10.0. The molecule has 1 aliphatic heterocycles. The normalized spacial score (nSPS) is 18.4. The summed E-state index contributed by atoms with van der Waals surface area (Å²) in [6.07, 6.45) is 2.50. The summed E-state index contributed by atoms with van der Waals surface area (Å²) in [4.78, 5) is 31.7. The Kier molecular flexibility index (Phi) is 5.85. The second kappa shape index (κ2) is 7.51. The van der Waals surface area contributed by atoms with Crippen LogP contribution < -0.4 is 5.32 Å². The Morgan fingerprint density at radius 1 is 1.33 bits per heavy atom. The number of carbonyl (C=O) groups excluding carboxylic acids is 2. The number of nitrogens with zero attached hydrogens (tertiary/aromatic N) is 2. The van der Waals surface area contributed by atoms with Crippen LogP contribution in [0.4, 0.5) is 4.79 Å². The maximum absolute atomic E-state index is 12.9. The van der Waals surface area contributed by atoms with Crippen molar-refractivity contribution >= 4 is 23.3 Å². The Labute approximate surface area is 147 Å². The van der Waals surface area contributed by atoms with E-state index in [1.165, 1.54) is 11.3 Å². The minimum atomic E-state index is -0.524. The van der Waals surface area contributed by atoms with Crippen LogP contribution in [0.25, 0.3) is 0 Å². The number of hydrogen-bond acceptors (Lipinski definition) is 5. The molecule has 0 saturated carbocycles. The van der Waals surface area contributed by atoms with Crippen molar-refractivity contribution in [1.29, 1.82) is 0 Å². The Bertz CT molecular complexity index is 607. The summed E-state index contributed by atoms with van der Waals surface area (Å²) in [5.41, 5.74) is 0.260. The molecule has 1 fully saturated rings. The Hall–Kier alpha value is -1.63. The Morgan fingerprint density at radius 2 is 2.04 bits per heavy atom. The number of ether oxygens (including phenoxy) is 1. The van der Waals surface area contributed by atoms with Gasteiger partial charge in [0.15, 0.2) is 0 Å². The molecule has 2 amide bonds. The summed E-state index contributed by atoms with van der Waals surface area (Å²) in [5.74, 6) is 0.0220. The molecule has 0 radical (unpaired) electrons. The van der Waals surface area contributed by atoms with Crippen molar-refractivity contribution < 1.29 is 14.3 Å². The van der Waals surface area contributed by atoms with E-state index in [4.69, 9.17) is 4.74 Å². The van der Waals surface area contributed by atoms with Crippen LogP contribution in [0.5, 0.6) is 0 Å². The van der Waals surface area contributed by atoms with E-state index in [9.17, 15) is 9.59 Å². The first-order chi connectivity index (χ1) is 11.2. The first-order valence-corrected chi connectivity index (χ1v) is 9.21. The molecule has 0 bridgehead atoms. The van der Waals surface area contributed by atoms with Crippen LogP contribution in [0.3, 0.4) is 0 Å². The third kappa shape index (κ3) is 4.93. The van der Waals surface area contributed by atoms with E-state index < -0.39 is 11.7 Å². The standard InChI is InChI=1S/C17H27N3O3S/c1-11-14(24-12(2)19-11)15(21)20-9-7-6-8-13(20)10-18-16(22)23-17(3,4)5/h13H,6-10H2,1-5H3,(H,18,22). The van der Waals surface area contributed by atoms with E-state index in [1.54, 1.807) is 0 Å². The largest absolute Gasteiger partial charge is 0.444 e. The van der Waals surface area contributed by atoms with Gasteiger partial charge in [0, 0.05) is 19.1 Å². The summed E-state index contributed by atoms with van der Waals surface area (Å²) in [5, 5.41) is 3.70. The van der Waals surface area contributed by atoms with Gasteiger partial charge < -0.3 is 15.0 Å². The van der Waals surface area contributed by atoms with Crippen LogP contribution in [0.2, 0.25) is 0 Å². The maximum atomic E-state index is 12.9. The predicted octanol–water partition coefficient (Wildman–Crippen LogP) is 3.28. The molecule has 1 aliphatic rings. The van der Waals surface area contributed by atoms with E-state index in [0.717, 1.165) is 36.5 Å². The molecule has 2 rings (SSSR count). The van der Waals surface area contributed by atoms with Crippen LogP contribution in [-0.4, -0.2) is 46.6 Å². The van der Waals surface area contributed by atoms with Gasteiger partial charge in [-0.2, -0.15) is 0 Å². The van der Waals surface area contributed by atoms with Crippen molar-refractivity contribution in [3.8, 4) is 0 Å². The first kappa shape index (κ1) is 18.7. The number of rotatable bonds is 3. The van der Waals surface area contributed by atoms with Gasteiger partial charge in [0.25, 0.3) is 5.91 Å². The van der Waals surface area contributed by atoms with E-state index in [1.807, 2.05) is 39.5 Å². The van der Waals surface area contributed by atoms with Crippen LogP contribution in [0.15, 0.2) is 0 Å². The van der Waals surface area contributed by atoms with Gasteiger partial charge in [0.05, 0.1) is 10.7 Å². The van der Waals surface area contributed by atoms with Gasteiger partial charge in [-0.25, -0.2) is 9.78 Å². The zero-order valence-corrected chi connectivity index (χ0v) is 16.0. The quantitative estimate of drug-likeness (QED) is 0.905. The fourth-order valence-electron chi connectivity index (χ4n) is 2.86. The molecular formula is C17H27N3O3S. The Morgan fingerprint density at radius 3 is 2.62 bits per heavy atom. The second-order valence-corrected chi connectivity index (χ2v) is 8.38. The SMILES string of the molecule is Cc1nc(C)c(C(=O)N2CCCCC2CNC(=O)OC(C)(C)C)s1. The number of aromatic nitrogens is 1. The van der Waals surface area contributed by atoms with Crippen molar-refractivity contribution in [3.05, 3.63) is 15.6 Å². The van der Waals surface area contributed by atoms with Gasteiger partial charge in [-0.05, 0) is 53.9 Å². The summed E-state index contributed by atoms with van der Waals surface area (Å²) in [6.45, 7) is 10.4. The van der Waals surface area contributed by atoms with E-state index in [0.29, 0.717) is 11.4 Å². The molecule has 2 heterocycles. The van der Waals surface area contributed by atoms with Crippen LogP contribution in [0.1, 0.15) is 60.4 Å². The average Bonchev–Trinajstić information content (AvgIpc) is 2.81. The van der Waals surface area contributed by atoms with Crippen molar-refractivity contribution in [1.82, 2.24) is 15.2 Å². The lowest BCUT2D eigenvalue weighted by molar-refractivity contribution is 0.0463. The molecule has 1 unspecified atom stereocenters. The minimum Gasteiger partial charge on any atom is -0.444 e. The number of alkyl carbamates (subject to hydrolysis) is 1. The molecule has 1 N–H and O–H groups in total. The highest BCUT2D eigenvalue weighted by atomic mass is 32.1. The molecule has 1 aromatic heterocycles. The van der Waals surface area contributed by atoms with Gasteiger partial charge in [-0.3, -0.25) is 4.79 Å². The van der Waals surface area contributed by atoms with Gasteiger partial charge in [0.1, 0.15) is 10.5 Å². The molecule has 6 nitrogen and oxygen atoms in total. The third-order valence-corrected chi connectivity index (χ3v) is 4.93. The molecule has 134 valence electrons. The van der Waals surface area contributed by atoms with Gasteiger partial charge >= 0.3 is 6.09 Å². The zero-order chi connectivity index (χ0) is 17.9. The number of hydrogen-bond donors (Lipinski definition) is 1. The highest BCUT2D eigenvalue weighted by Crippen LogP contribution is 2.24. The fourth-order valence-corrected chi connectivity index (χ4v) is 3.73. The molecule has 24 heavy (non-hydrogen) atoms. The highest BCUT2D eigenvalue weighted by molar-refractivity contribution is 7.13. The average molecular weight is 353 g/mol. The van der Waals surface area contributed by atoms with Crippen molar-refractivity contribution in [3.63, 3.8) is 0 Å². The number of amides is 2. The topological polar surface area (TPSA) is 71.5 Å². The first-order valence-electron chi connectivity index (χ1n) is 8.39. The molecule has 7 heteroatoms. The van der Waals surface area contributed by atoms with Crippen LogP contribution in [-0.2, 0) is 4.74 Å². The predicted molar refractivity (Wildman–Crippen MR) is 94.5 cm³/mol. The number of piperidine rings is 1. The van der Waals surface area contributed by atoms with Gasteiger partial charge in [-0.15, -0.1) is 11.3 Å². The van der Waals surface area contributed by atoms with Gasteiger partial charge in [0.2, 0.25) is 0 Å². The molecule has 1 saturated heterocycles. The van der Waals surface area contributed by atoms with Crippen molar-refractivity contribution in [2.75, 3.05) is 13.1 Å². The summed E-state index contributed by atoms with van der Waals surface area (Å²) in [7, 11) is 0. The number of carbonyl (C=O) groups is 2. The van der Waals surface area contributed by atoms with Gasteiger partial charge in [-0.1, -0.05) is 0 Å². The number of nitrogens with one attached hydrogen (secondary N) is 1. The summed E-state index contributed by atoms with van der Waals surface area (Å²) >= 11 is 1.44. The summed E-state index contributed by atoms with van der Waals surface area (Å²) in [6, 6.07) is 0.000532. The van der Waals surface area contributed by atoms with E-state index in [-0.39, 0.29) is 11.9 Å². The lowest BCUT2D eigenvalue weighted by Gasteiger charge is -2.35. The fraction of sp³-hybridized carbons (Fsp3) is 0.706. The number of likely N-dealkylation sites (tertiary alicyclic amines) is 1. The molecular weight excluding hydrogens is 326 g/mol. The van der Waals surface area contributed by atoms with Crippen LogP contribution in [0, 0.1) is 13.8 Å². The maximum Gasteiger partial charge on any atom is 0.407 e. The molecule has 1 atom stereocenters. The van der Waals surface area contributed by atoms with E-state index >= 15 is 0 Å². The van der Waals surface area contributed by atoms with E-state index in [2.05, 4.69) is 10.3 Å². The van der Waals surface area contributed by atoms with Crippen molar-refractivity contribution in [2.24, 2.45) is 0 Å². The number of thiazole rings is 1. The zero-order valence-electron chi connectivity index (χ0n) is 15.1. The third-order valence-electron chi connectivity index (χ3n) is 3.87. The highest BCUT2D eigenvalue weighted by Gasteiger charge is 2.30. The van der Waals surface area contributed by atoms with Crippen LogP contribution >= 0.6 is 11.3 Å². The molecule has 0 aliphatic carbocycles. The molecule has 1 aromatic rings.